The second kappa shape index (κ2) is 7.29. The number of carbonyl (C=O) groups excluding carboxylic acids is 1. The summed E-state index contributed by atoms with van der Waals surface area (Å²) in [7, 11) is 0. The Balaban J connectivity index is 1.93. The maximum Gasteiger partial charge on any atom is 0.323 e. The second-order valence-corrected chi connectivity index (χ2v) is 6.40. The van der Waals surface area contributed by atoms with Gasteiger partial charge < -0.3 is 15.2 Å². The number of esters is 1. The van der Waals surface area contributed by atoms with Gasteiger partial charge in [-0.2, -0.15) is 0 Å². The van der Waals surface area contributed by atoms with Gasteiger partial charge in [0.1, 0.15) is 23.1 Å². The molecule has 2 aromatic carbocycles. The molecule has 23 heavy (non-hydrogen) atoms. The van der Waals surface area contributed by atoms with Crippen LogP contribution in [0.3, 0.4) is 0 Å². The zero-order valence-corrected chi connectivity index (χ0v) is 13.8. The first-order valence-electron chi connectivity index (χ1n) is 7.64. The molecule has 0 aliphatic rings. The monoisotopic (exact) mass is 313 g/mol. The molecular formula is C19H23NO3. The molecule has 122 valence electrons. The molecule has 2 N–H and O–H groups in total. The highest BCUT2D eigenvalue weighted by molar-refractivity contribution is 5.76. The minimum atomic E-state index is -0.671. The summed E-state index contributed by atoms with van der Waals surface area (Å²) in [6, 6.07) is 16.4. The molecule has 0 heterocycles. The third-order valence-corrected chi connectivity index (χ3v) is 3.07. The molecule has 2 rings (SSSR count). The maximum atomic E-state index is 11.9. The van der Waals surface area contributed by atoms with Crippen LogP contribution in [0.5, 0.6) is 11.5 Å². The summed E-state index contributed by atoms with van der Waals surface area (Å²) in [4.78, 5) is 11.9. The van der Waals surface area contributed by atoms with Crippen LogP contribution in [0.4, 0.5) is 0 Å². The van der Waals surface area contributed by atoms with Gasteiger partial charge in [-0.05, 0) is 57.0 Å². The maximum absolute atomic E-state index is 11.9. The van der Waals surface area contributed by atoms with Crippen LogP contribution < -0.4 is 10.5 Å². The fraction of sp³-hybridized carbons (Fsp3) is 0.316. The van der Waals surface area contributed by atoms with Gasteiger partial charge in [-0.3, -0.25) is 4.79 Å². The predicted octanol–water partition coefficient (Wildman–Crippen LogP) is 3.69. The molecule has 0 fully saturated rings. The Morgan fingerprint density at radius 2 is 1.57 bits per heavy atom. The van der Waals surface area contributed by atoms with Gasteiger partial charge in [0.2, 0.25) is 0 Å². The average Bonchev–Trinajstić information content (AvgIpc) is 2.48. The summed E-state index contributed by atoms with van der Waals surface area (Å²) >= 11 is 0. The highest BCUT2D eigenvalue weighted by Gasteiger charge is 2.22. The Kier molecular flexibility index (Phi) is 5.40. The Bertz CT molecular complexity index is 630. The Labute approximate surface area is 137 Å². The summed E-state index contributed by atoms with van der Waals surface area (Å²) in [5.74, 6) is 1.14. The average molecular weight is 313 g/mol. The van der Waals surface area contributed by atoms with Crippen LogP contribution >= 0.6 is 0 Å². The van der Waals surface area contributed by atoms with Crippen molar-refractivity contribution in [1.82, 2.24) is 0 Å². The minimum Gasteiger partial charge on any atom is -0.459 e. The fourth-order valence-electron chi connectivity index (χ4n) is 2.03. The normalized spacial score (nSPS) is 12.5. The van der Waals surface area contributed by atoms with Crippen LogP contribution in [0, 0.1) is 0 Å². The van der Waals surface area contributed by atoms with Crippen LogP contribution in [-0.2, 0) is 16.0 Å². The Hall–Kier alpha value is -2.33. The van der Waals surface area contributed by atoms with Gasteiger partial charge in [0.25, 0.3) is 0 Å². The number of hydrogen-bond donors (Lipinski definition) is 1. The molecule has 2 aromatic rings. The van der Waals surface area contributed by atoms with E-state index in [0.717, 1.165) is 17.1 Å². The number of carbonyl (C=O) groups is 1. The zero-order valence-electron chi connectivity index (χ0n) is 13.8. The van der Waals surface area contributed by atoms with Crippen LogP contribution in [0.25, 0.3) is 0 Å². The summed E-state index contributed by atoms with van der Waals surface area (Å²) in [6.45, 7) is 5.48. The molecule has 0 radical (unpaired) electrons. The molecule has 0 saturated carbocycles. The molecule has 4 nitrogen and oxygen atoms in total. The van der Waals surface area contributed by atoms with Crippen LogP contribution in [0.2, 0.25) is 0 Å². The third kappa shape index (κ3) is 5.75. The van der Waals surface area contributed by atoms with E-state index < -0.39 is 11.6 Å². The van der Waals surface area contributed by atoms with E-state index in [0.29, 0.717) is 6.42 Å². The van der Waals surface area contributed by atoms with Crippen LogP contribution in [0.1, 0.15) is 26.3 Å². The van der Waals surface area contributed by atoms with E-state index in [1.54, 1.807) is 0 Å². The van der Waals surface area contributed by atoms with Crippen molar-refractivity contribution in [1.29, 1.82) is 0 Å². The van der Waals surface area contributed by atoms with E-state index in [1.807, 2.05) is 75.4 Å². The third-order valence-electron chi connectivity index (χ3n) is 3.07. The zero-order chi connectivity index (χ0) is 16.9. The highest BCUT2D eigenvalue weighted by Crippen LogP contribution is 2.21. The first kappa shape index (κ1) is 17.0. The Morgan fingerprint density at radius 3 is 2.13 bits per heavy atom. The highest BCUT2D eigenvalue weighted by atomic mass is 16.6. The molecule has 1 atom stereocenters. The van der Waals surface area contributed by atoms with Crippen molar-refractivity contribution in [3.8, 4) is 11.5 Å². The lowest BCUT2D eigenvalue weighted by molar-refractivity contribution is -0.156. The van der Waals surface area contributed by atoms with Gasteiger partial charge in [-0.1, -0.05) is 30.3 Å². The van der Waals surface area contributed by atoms with Crippen LogP contribution in [0.15, 0.2) is 54.6 Å². The minimum absolute atomic E-state index is 0.387. The van der Waals surface area contributed by atoms with E-state index in [4.69, 9.17) is 15.2 Å². The molecule has 0 saturated heterocycles. The van der Waals surface area contributed by atoms with Crippen molar-refractivity contribution in [2.75, 3.05) is 0 Å². The number of rotatable bonds is 5. The molecule has 0 unspecified atom stereocenters. The van der Waals surface area contributed by atoms with Gasteiger partial charge in [0.05, 0.1) is 0 Å². The van der Waals surface area contributed by atoms with Crippen molar-refractivity contribution >= 4 is 5.97 Å². The van der Waals surface area contributed by atoms with Crippen molar-refractivity contribution in [2.45, 2.75) is 38.8 Å². The van der Waals surface area contributed by atoms with E-state index >= 15 is 0 Å². The summed E-state index contributed by atoms with van der Waals surface area (Å²) in [5.41, 5.74) is 6.35. The summed E-state index contributed by atoms with van der Waals surface area (Å²) in [5, 5.41) is 0. The van der Waals surface area contributed by atoms with Gasteiger partial charge in [0.15, 0.2) is 0 Å². The molecular weight excluding hydrogens is 290 g/mol. The SMILES string of the molecule is CC(C)(C)OC(=O)[C@@H](N)Cc1ccc(Oc2ccccc2)cc1. The fourth-order valence-corrected chi connectivity index (χ4v) is 2.03. The molecule has 0 aliphatic heterocycles. The van der Waals surface area contributed by atoms with Gasteiger partial charge in [-0.25, -0.2) is 0 Å². The summed E-state index contributed by atoms with van der Waals surface area (Å²) < 4.78 is 11.0. The topological polar surface area (TPSA) is 61.5 Å². The lowest BCUT2D eigenvalue weighted by Gasteiger charge is -2.22. The first-order valence-corrected chi connectivity index (χ1v) is 7.64. The number of para-hydroxylation sites is 1. The van der Waals surface area contributed by atoms with Gasteiger partial charge in [-0.15, -0.1) is 0 Å². The Morgan fingerprint density at radius 1 is 1.00 bits per heavy atom. The van der Waals surface area contributed by atoms with E-state index in [-0.39, 0.29) is 5.97 Å². The lowest BCUT2D eigenvalue weighted by atomic mass is 10.1. The van der Waals surface area contributed by atoms with Crippen LogP contribution in [-0.4, -0.2) is 17.6 Å². The second-order valence-electron chi connectivity index (χ2n) is 6.40. The van der Waals surface area contributed by atoms with Gasteiger partial charge >= 0.3 is 5.97 Å². The molecule has 0 aromatic heterocycles. The number of benzene rings is 2. The number of nitrogens with two attached hydrogens (primary N) is 1. The first-order chi connectivity index (χ1) is 10.8. The van der Waals surface area contributed by atoms with Crippen molar-refractivity contribution in [3.63, 3.8) is 0 Å². The van der Waals surface area contributed by atoms with E-state index in [1.165, 1.54) is 0 Å². The number of ether oxygens (including phenoxy) is 2. The molecule has 0 aliphatic carbocycles. The quantitative estimate of drug-likeness (QED) is 0.855. The standard InChI is InChI=1S/C19H23NO3/c1-19(2,3)23-18(21)17(20)13-14-9-11-16(12-10-14)22-15-7-5-4-6-8-15/h4-12,17H,13,20H2,1-3H3/t17-/m0/s1. The molecule has 4 heteroatoms. The lowest BCUT2D eigenvalue weighted by Crippen LogP contribution is -2.38. The smallest absolute Gasteiger partial charge is 0.323 e. The molecule has 0 amide bonds. The van der Waals surface area contributed by atoms with Crippen molar-refractivity contribution in [2.24, 2.45) is 5.73 Å². The summed E-state index contributed by atoms with van der Waals surface area (Å²) in [6.07, 6.45) is 0.431. The number of hydrogen-bond acceptors (Lipinski definition) is 4. The van der Waals surface area contributed by atoms with E-state index in [2.05, 4.69) is 0 Å². The molecule has 0 spiro atoms. The van der Waals surface area contributed by atoms with Crippen molar-refractivity contribution < 1.29 is 14.3 Å². The van der Waals surface area contributed by atoms with Crippen molar-refractivity contribution in [3.05, 3.63) is 60.2 Å². The molecule has 0 bridgehead atoms. The van der Waals surface area contributed by atoms with Gasteiger partial charge in [0, 0.05) is 0 Å². The largest absolute Gasteiger partial charge is 0.459 e. The predicted molar refractivity (Wildman–Crippen MR) is 90.5 cm³/mol. The van der Waals surface area contributed by atoms with E-state index in [9.17, 15) is 4.79 Å².